The van der Waals surface area contributed by atoms with Gasteiger partial charge in [-0.15, -0.1) is 0 Å². The number of amides is 1. The largest absolute Gasteiger partial charge is 0.268 e. The predicted octanol–water partition coefficient (Wildman–Crippen LogP) is 4.27. The number of benzene rings is 2. The van der Waals surface area contributed by atoms with E-state index in [-0.39, 0.29) is 5.91 Å². The summed E-state index contributed by atoms with van der Waals surface area (Å²) in [4.78, 5) is 11.6. The number of nitrogens with zero attached hydrogens (tertiary/aromatic N) is 1. The number of halogens is 2. The summed E-state index contributed by atoms with van der Waals surface area (Å²) in [5.74, 6) is -0.293. The van der Waals surface area contributed by atoms with Crippen LogP contribution in [0.15, 0.2) is 64.2 Å². The van der Waals surface area contributed by atoms with Crippen molar-refractivity contribution in [3.8, 4) is 0 Å². The van der Waals surface area contributed by atoms with Gasteiger partial charge in [0.2, 0.25) is 0 Å². The van der Waals surface area contributed by atoms with Gasteiger partial charge >= 0.3 is 0 Å². The summed E-state index contributed by atoms with van der Waals surface area (Å²) in [6.07, 6.45) is 4.70. The number of rotatable bonds is 4. The average molecular weight is 364 g/mol. The Hall–Kier alpha value is -1.91. The highest BCUT2D eigenvalue weighted by Crippen LogP contribution is 2.10. The third-order valence-electron chi connectivity index (χ3n) is 2.56. The standard InChI is InChI=1S/C16H12BrClN2O/c17-14-6-1-13(2-7-14)11-19-20-16(21)10-5-12-3-8-15(18)9-4-12/h1-11H,(H,20,21)/b10-5+,19-11-. The molecule has 5 heteroatoms. The number of hydrazone groups is 1. The molecule has 21 heavy (non-hydrogen) atoms. The zero-order valence-electron chi connectivity index (χ0n) is 11.0. The van der Waals surface area contributed by atoms with Gasteiger partial charge in [0.05, 0.1) is 6.21 Å². The molecule has 3 nitrogen and oxygen atoms in total. The lowest BCUT2D eigenvalue weighted by Crippen LogP contribution is -2.14. The summed E-state index contributed by atoms with van der Waals surface area (Å²) in [5, 5.41) is 4.55. The first-order chi connectivity index (χ1) is 10.1. The first kappa shape index (κ1) is 15.5. The monoisotopic (exact) mass is 362 g/mol. The minimum Gasteiger partial charge on any atom is -0.268 e. The van der Waals surface area contributed by atoms with Crippen LogP contribution in [0.1, 0.15) is 11.1 Å². The zero-order chi connectivity index (χ0) is 15.1. The summed E-state index contributed by atoms with van der Waals surface area (Å²) in [5.41, 5.74) is 4.23. The van der Waals surface area contributed by atoms with E-state index in [2.05, 4.69) is 26.5 Å². The third kappa shape index (κ3) is 5.53. The molecule has 0 heterocycles. The summed E-state index contributed by atoms with van der Waals surface area (Å²) in [6.45, 7) is 0. The molecule has 0 spiro atoms. The first-order valence-electron chi connectivity index (χ1n) is 6.16. The Balaban J connectivity index is 1.87. The predicted molar refractivity (Wildman–Crippen MR) is 90.4 cm³/mol. The highest BCUT2D eigenvalue weighted by molar-refractivity contribution is 9.10. The lowest BCUT2D eigenvalue weighted by molar-refractivity contribution is -0.116. The van der Waals surface area contributed by atoms with Gasteiger partial charge in [-0.05, 0) is 41.5 Å². The molecule has 0 fully saturated rings. The maximum atomic E-state index is 11.6. The number of hydrogen-bond donors (Lipinski definition) is 1. The normalized spacial score (nSPS) is 11.1. The van der Waals surface area contributed by atoms with Crippen molar-refractivity contribution in [2.45, 2.75) is 0 Å². The molecule has 0 radical (unpaired) electrons. The van der Waals surface area contributed by atoms with Crippen molar-refractivity contribution >= 4 is 45.7 Å². The molecule has 0 aliphatic heterocycles. The molecule has 0 aliphatic rings. The summed E-state index contributed by atoms with van der Waals surface area (Å²) >= 11 is 9.14. The molecule has 0 saturated carbocycles. The number of hydrogen-bond acceptors (Lipinski definition) is 2. The van der Waals surface area contributed by atoms with Crippen LogP contribution in [0.2, 0.25) is 5.02 Å². The van der Waals surface area contributed by atoms with E-state index in [1.54, 1.807) is 24.4 Å². The Morgan fingerprint density at radius 1 is 1.05 bits per heavy atom. The highest BCUT2D eigenvalue weighted by Gasteiger charge is 1.93. The summed E-state index contributed by atoms with van der Waals surface area (Å²) in [7, 11) is 0. The number of carbonyl (C=O) groups is 1. The molecule has 0 atom stereocenters. The van der Waals surface area contributed by atoms with Gasteiger partial charge in [-0.3, -0.25) is 4.79 Å². The second kappa shape index (κ2) is 7.76. The van der Waals surface area contributed by atoms with Crippen LogP contribution in [0.5, 0.6) is 0 Å². The quantitative estimate of drug-likeness (QED) is 0.492. The molecule has 1 N–H and O–H groups in total. The molecule has 0 bridgehead atoms. The van der Waals surface area contributed by atoms with Gasteiger partial charge < -0.3 is 0 Å². The van der Waals surface area contributed by atoms with Crippen molar-refractivity contribution in [2.24, 2.45) is 5.10 Å². The first-order valence-corrected chi connectivity index (χ1v) is 7.33. The number of carbonyl (C=O) groups excluding carboxylic acids is 1. The van der Waals surface area contributed by atoms with E-state index in [9.17, 15) is 4.79 Å². The van der Waals surface area contributed by atoms with Crippen LogP contribution >= 0.6 is 27.5 Å². The number of nitrogens with one attached hydrogen (secondary N) is 1. The molecule has 0 aromatic heterocycles. The molecule has 0 aliphatic carbocycles. The van der Waals surface area contributed by atoms with E-state index in [1.807, 2.05) is 36.4 Å². The fourth-order valence-corrected chi connectivity index (χ4v) is 1.89. The molecular weight excluding hydrogens is 352 g/mol. The fraction of sp³-hybridized carbons (Fsp3) is 0. The van der Waals surface area contributed by atoms with Crippen molar-refractivity contribution in [3.63, 3.8) is 0 Å². The van der Waals surface area contributed by atoms with Crippen molar-refractivity contribution in [2.75, 3.05) is 0 Å². The van der Waals surface area contributed by atoms with E-state index in [0.29, 0.717) is 5.02 Å². The molecule has 106 valence electrons. The molecule has 2 aromatic carbocycles. The van der Waals surface area contributed by atoms with Crippen molar-refractivity contribution in [3.05, 3.63) is 75.2 Å². The summed E-state index contributed by atoms with van der Waals surface area (Å²) < 4.78 is 0.995. The minimum absolute atomic E-state index is 0.293. The second-order valence-electron chi connectivity index (χ2n) is 4.17. The zero-order valence-corrected chi connectivity index (χ0v) is 13.3. The van der Waals surface area contributed by atoms with Gasteiger partial charge in [-0.25, -0.2) is 5.43 Å². The van der Waals surface area contributed by atoms with Crippen LogP contribution in [-0.2, 0) is 4.79 Å². The average Bonchev–Trinajstić information content (AvgIpc) is 2.49. The molecule has 2 aromatic rings. The molecule has 0 saturated heterocycles. The van der Waals surface area contributed by atoms with Crippen molar-refractivity contribution < 1.29 is 4.79 Å². The highest BCUT2D eigenvalue weighted by atomic mass is 79.9. The van der Waals surface area contributed by atoms with E-state index in [4.69, 9.17) is 11.6 Å². The fourth-order valence-electron chi connectivity index (χ4n) is 1.50. The van der Waals surface area contributed by atoms with Crippen molar-refractivity contribution in [1.29, 1.82) is 0 Å². The Morgan fingerprint density at radius 2 is 1.67 bits per heavy atom. The lowest BCUT2D eigenvalue weighted by Gasteiger charge is -1.96. The Bertz CT molecular complexity index is 664. The lowest BCUT2D eigenvalue weighted by atomic mass is 10.2. The van der Waals surface area contributed by atoms with Crippen LogP contribution in [0.4, 0.5) is 0 Å². The maximum absolute atomic E-state index is 11.6. The Labute approximate surface area is 136 Å². The minimum atomic E-state index is -0.293. The van der Waals surface area contributed by atoms with Crippen LogP contribution in [0.25, 0.3) is 6.08 Å². The van der Waals surface area contributed by atoms with Crippen LogP contribution in [0, 0.1) is 0 Å². The van der Waals surface area contributed by atoms with Gasteiger partial charge in [0.25, 0.3) is 5.91 Å². The topological polar surface area (TPSA) is 41.5 Å². The molecule has 1 amide bonds. The summed E-state index contributed by atoms with van der Waals surface area (Å²) in [6, 6.07) is 14.8. The Morgan fingerprint density at radius 3 is 2.33 bits per heavy atom. The van der Waals surface area contributed by atoms with Gasteiger partial charge in [-0.2, -0.15) is 5.10 Å². The van der Waals surface area contributed by atoms with Gasteiger partial charge in [-0.1, -0.05) is 51.8 Å². The smallest absolute Gasteiger partial charge is 0.264 e. The third-order valence-corrected chi connectivity index (χ3v) is 3.34. The van der Waals surface area contributed by atoms with Crippen molar-refractivity contribution in [1.82, 2.24) is 5.43 Å². The Kier molecular flexibility index (Phi) is 5.72. The maximum Gasteiger partial charge on any atom is 0.264 e. The van der Waals surface area contributed by atoms with E-state index >= 15 is 0 Å². The van der Waals surface area contributed by atoms with Crippen LogP contribution < -0.4 is 5.43 Å². The van der Waals surface area contributed by atoms with E-state index in [0.717, 1.165) is 15.6 Å². The SMILES string of the molecule is O=C(/C=C/c1ccc(Cl)cc1)N/N=C\c1ccc(Br)cc1. The second-order valence-corrected chi connectivity index (χ2v) is 5.52. The molecular formula is C16H12BrClN2O. The van der Waals surface area contributed by atoms with Gasteiger partial charge in [0, 0.05) is 15.6 Å². The van der Waals surface area contributed by atoms with E-state index in [1.165, 1.54) is 6.08 Å². The van der Waals surface area contributed by atoms with Crippen LogP contribution in [0.3, 0.4) is 0 Å². The van der Waals surface area contributed by atoms with Gasteiger partial charge in [0.1, 0.15) is 0 Å². The van der Waals surface area contributed by atoms with Gasteiger partial charge in [0.15, 0.2) is 0 Å². The molecule has 2 rings (SSSR count). The van der Waals surface area contributed by atoms with Crippen LogP contribution in [-0.4, -0.2) is 12.1 Å². The molecule has 0 unspecified atom stereocenters. The van der Waals surface area contributed by atoms with E-state index < -0.39 is 0 Å².